The fourth-order valence-electron chi connectivity index (χ4n) is 4.13. The lowest BCUT2D eigenvalue weighted by Crippen LogP contribution is -2.36. The minimum Gasteiger partial charge on any atom is -0.338 e. The highest BCUT2D eigenvalue weighted by Gasteiger charge is 2.31. The van der Waals surface area contributed by atoms with Gasteiger partial charge in [0.25, 0.3) is 0 Å². The van der Waals surface area contributed by atoms with Crippen LogP contribution in [0.1, 0.15) is 45.8 Å². The summed E-state index contributed by atoms with van der Waals surface area (Å²) in [6.07, 6.45) is -2.96. The number of halogens is 3. The second kappa shape index (κ2) is 8.86. The number of nitrogens with zero attached hydrogens (tertiary/aromatic N) is 3. The molecule has 1 aliphatic rings. The zero-order chi connectivity index (χ0) is 22.9. The summed E-state index contributed by atoms with van der Waals surface area (Å²) in [6, 6.07) is 10.8. The first-order valence-corrected chi connectivity index (χ1v) is 10.5. The van der Waals surface area contributed by atoms with Crippen LogP contribution in [-0.2, 0) is 12.7 Å². The van der Waals surface area contributed by atoms with Gasteiger partial charge in [-0.3, -0.25) is 9.69 Å². The van der Waals surface area contributed by atoms with Crippen molar-refractivity contribution >= 4 is 5.78 Å². The van der Waals surface area contributed by atoms with E-state index in [1.54, 1.807) is 0 Å². The fourth-order valence-corrected chi connectivity index (χ4v) is 4.13. The van der Waals surface area contributed by atoms with Crippen LogP contribution in [0.4, 0.5) is 13.2 Å². The highest BCUT2D eigenvalue weighted by atomic mass is 19.4. The Labute approximate surface area is 184 Å². The van der Waals surface area contributed by atoms with Crippen LogP contribution < -0.4 is 0 Å². The van der Waals surface area contributed by atoms with E-state index in [-0.39, 0.29) is 23.1 Å². The van der Waals surface area contributed by atoms with Gasteiger partial charge in [-0.2, -0.15) is 18.2 Å². The van der Waals surface area contributed by atoms with Gasteiger partial charge in [-0.25, -0.2) is 0 Å². The minimum atomic E-state index is -4.43. The predicted molar refractivity (Wildman–Crippen MR) is 113 cm³/mol. The van der Waals surface area contributed by atoms with E-state index >= 15 is 0 Å². The quantitative estimate of drug-likeness (QED) is 0.490. The summed E-state index contributed by atoms with van der Waals surface area (Å²) in [7, 11) is 0. The van der Waals surface area contributed by atoms with Crippen LogP contribution in [0.2, 0.25) is 0 Å². The summed E-state index contributed by atoms with van der Waals surface area (Å²) in [6.45, 7) is 5.80. The molecule has 0 N–H and O–H groups in total. The Morgan fingerprint density at radius 2 is 1.88 bits per heavy atom. The average Bonchev–Trinajstić information content (AvgIpc) is 3.22. The lowest BCUT2D eigenvalue weighted by molar-refractivity contribution is -0.137. The second-order valence-electron chi connectivity index (χ2n) is 8.32. The molecule has 0 radical (unpaired) electrons. The average molecular weight is 443 g/mol. The highest BCUT2D eigenvalue weighted by Crippen LogP contribution is 2.31. The third-order valence-corrected chi connectivity index (χ3v) is 5.88. The first-order valence-electron chi connectivity index (χ1n) is 10.5. The largest absolute Gasteiger partial charge is 0.416 e. The van der Waals surface area contributed by atoms with E-state index in [0.717, 1.165) is 41.7 Å². The first-order chi connectivity index (χ1) is 15.2. The second-order valence-corrected chi connectivity index (χ2v) is 8.32. The van der Waals surface area contributed by atoms with Crippen molar-refractivity contribution in [1.82, 2.24) is 15.0 Å². The van der Waals surface area contributed by atoms with E-state index in [2.05, 4.69) is 15.0 Å². The number of likely N-dealkylation sites (tertiary alicyclic amines) is 1. The molecule has 5 nitrogen and oxygen atoms in total. The SMILES string of the molecule is Cc1ccc(C(=O)C2CCN(Cc3nc(-c4cccc(C(F)(F)F)c4)no3)CC2)c(C)c1. The summed E-state index contributed by atoms with van der Waals surface area (Å²) in [5, 5.41) is 3.84. The Kier molecular flexibility index (Phi) is 6.15. The molecule has 4 rings (SSSR count). The van der Waals surface area contributed by atoms with Crippen LogP contribution in [-0.4, -0.2) is 33.9 Å². The molecule has 0 saturated carbocycles. The molecule has 1 aromatic heterocycles. The number of carbonyl (C=O) groups excluding carboxylic acids is 1. The van der Waals surface area contributed by atoms with Crippen molar-refractivity contribution < 1.29 is 22.5 Å². The molecular weight excluding hydrogens is 419 g/mol. The van der Waals surface area contributed by atoms with Crippen LogP contribution >= 0.6 is 0 Å². The number of benzene rings is 2. The summed E-state index contributed by atoms with van der Waals surface area (Å²) >= 11 is 0. The molecule has 3 aromatic rings. The van der Waals surface area contributed by atoms with E-state index in [4.69, 9.17) is 4.52 Å². The Hall–Kier alpha value is -3.00. The predicted octanol–water partition coefficient (Wildman–Crippen LogP) is 5.47. The van der Waals surface area contributed by atoms with Crippen molar-refractivity contribution in [3.63, 3.8) is 0 Å². The normalized spacial score (nSPS) is 15.8. The maximum Gasteiger partial charge on any atom is 0.416 e. The third-order valence-electron chi connectivity index (χ3n) is 5.88. The van der Waals surface area contributed by atoms with Crippen LogP contribution in [0, 0.1) is 19.8 Å². The molecule has 168 valence electrons. The van der Waals surface area contributed by atoms with Gasteiger partial charge in [0.15, 0.2) is 5.78 Å². The van der Waals surface area contributed by atoms with Crippen molar-refractivity contribution in [1.29, 1.82) is 0 Å². The Balaban J connectivity index is 1.36. The van der Waals surface area contributed by atoms with Crippen LogP contribution in [0.15, 0.2) is 47.0 Å². The van der Waals surface area contributed by atoms with E-state index in [9.17, 15) is 18.0 Å². The van der Waals surface area contributed by atoms with Gasteiger partial charge >= 0.3 is 6.18 Å². The van der Waals surface area contributed by atoms with Gasteiger partial charge in [0.2, 0.25) is 11.7 Å². The Bertz CT molecular complexity index is 1120. The molecule has 0 bridgehead atoms. The number of hydrogen-bond acceptors (Lipinski definition) is 5. The molecule has 1 saturated heterocycles. The number of hydrogen-bond donors (Lipinski definition) is 0. The maximum absolute atomic E-state index is 12.9. The van der Waals surface area contributed by atoms with Gasteiger partial charge in [0.1, 0.15) is 0 Å². The van der Waals surface area contributed by atoms with Crippen LogP contribution in [0.3, 0.4) is 0 Å². The minimum absolute atomic E-state index is 0.0176. The molecule has 0 aliphatic carbocycles. The number of ketones is 1. The molecule has 2 heterocycles. The standard InChI is InChI=1S/C24H24F3N3O2/c1-15-6-7-20(16(2)12-15)22(31)17-8-10-30(11-9-17)14-21-28-23(29-32-21)18-4-3-5-19(13-18)24(25,26)27/h3-7,12-13,17H,8-11,14H2,1-2H3. The summed E-state index contributed by atoms with van der Waals surface area (Å²) in [5.41, 5.74) is 2.43. The summed E-state index contributed by atoms with van der Waals surface area (Å²) in [4.78, 5) is 19.3. The molecule has 1 fully saturated rings. The molecule has 32 heavy (non-hydrogen) atoms. The van der Waals surface area contributed by atoms with Crippen molar-refractivity contribution in [2.45, 2.75) is 39.4 Å². The molecule has 2 aromatic carbocycles. The van der Waals surface area contributed by atoms with Gasteiger partial charge in [0.05, 0.1) is 12.1 Å². The Morgan fingerprint density at radius 1 is 1.12 bits per heavy atom. The number of rotatable bonds is 5. The highest BCUT2D eigenvalue weighted by molar-refractivity contribution is 5.99. The number of Topliss-reactive ketones (excluding diaryl/α,β-unsaturated/α-hetero) is 1. The molecular formula is C24H24F3N3O2. The molecule has 1 aliphatic heterocycles. The van der Waals surface area contributed by atoms with Gasteiger partial charge in [-0.1, -0.05) is 41.1 Å². The molecule has 8 heteroatoms. The van der Waals surface area contributed by atoms with Crippen molar-refractivity contribution in [3.05, 3.63) is 70.6 Å². The van der Waals surface area contributed by atoms with E-state index in [1.807, 2.05) is 32.0 Å². The van der Waals surface area contributed by atoms with E-state index in [0.29, 0.717) is 25.5 Å². The summed E-state index contributed by atoms with van der Waals surface area (Å²) in [5.74, 6) is 0.644. The molecule has 0 unspecified atom stereocenters. The maximum atomic E-state index is 12.9. The smallest absolute Gasteiger partial charge is 0.338 e. The van der Waals surface area contributed by atoms with Crippen molar-refractivity contribution in [3.8, 4) is 11.4 Å². The summed E-state index contributed by atoms with van der Waals surface area (Å²) < 4.78 is 44.1. The molecule has 0 atom stereocenters. The molecule has 0 spiro atoms. The topological polar surface area (TPSA) is 59.2 Å². The van der Waals surface area contributed by atoms with Crippen molar-refractivity contribution in [2.75, 3.05) is 13.1 Å². The fraction of sp³-hybridized carbons (Fsp3) is 0.375. The van der Waals surface area contributed by atoms with E-state index < -0.39 is 11.7 Å². The zero-order valence-corrected chi connectivity index (χ0v) is 17.9. The molecule has 0 amide bonds. The number of alkyl halides is 3. The monoisotopic (exact) mass is 443 g/mol. The van der Waals surface area contributed by atoms with Gasteiger partial charge in [0, 0.05) is 17.0 Å². The zero-order valence-electron chi connectivity index (χ0n) is 17.9. The number of carbonyl (C=O) groups is 1. The lowest BCUT2D eigenvalue weighted by atomic mass is 9.87. The number of aryl methyl sites for hydroxylation is 2. The van der Waals surface area contributed by atoms with Gasteiger partial charge in [-0.05, 0) is 57.5 Å². The first kappa shape index (κ1) is 22.2. The van der Waals surface area contributed by atoms with Gasteiger partial charge < -0.3 is 4.52 Å². The van der Waals surface area contributed by atoms with Crippen LogP contribution in [0.25, 0.3) is 11.4 Å². The number of aromatic nitrogens is 2. The van der Waals surface area contributed by atoms with Crippen LogP contribution in [0.5, 0.6) is 0 Å². The Morgan fingerprint density at radius 3 is 2.56 bits per heavy atom. The number of piperidine rings is 1. The van der Waals surface area contributed by atoms with Crippen molar-refractivity contribution in [2.24, 2.45) is 5.92 Å². The van der Waals surface area contributed by atoms with E-state index in [1.165, 1.54) is 12.1 Å². The lowest BCUT2D eigenvalue weighted by Gasteiger charge is -2.30. The van der Waals surface area contributed by atoms with Gasteiger partial charge in [-0.15, -0.1) is 0 Å². The third kappa shape index (κ3) is 4.91.